The highest BCUT2D eigenvalue weighted by Gasteiger charge is 2.22. The number of hydrogen-bond acceptors (Lipinski definition) is 3. The van der Waals surface area contributed by atoms with Crippen LogP contribution in [0.15, 0.2) is 21.5 Å². The molecule has 0 aromatic heterocycles. The quantitative estimate of drug-likeness (QED) is 0.781. The van der Waals surface area contributed by atoms with Crippen molar-refractivity contribution < 1.29 is 17.6 Å². The maximum Gasteiger partial charge on any atom is 0.264 e. The third-order valence-corrected chi connectivity index (χ3v) is 3.46. The maximum absolute atomic E-state index is 13.4. The molecule has 0 spiro atoms. The molecular formula is C7H2BrCl2FO3S. The summed E-state index contributed by atoms with van der Waals surface area (Å²) in [6.07, 6.45) is 0. The van der Waals surface area contributed by atoms with Crippen LogP contribution in [0.1, 0.15) is 10.4 Å². The summed E-state index contributed by atoms with van der Waals surface area (Å²) >= 11 is 7.97. The molecule has 0 atom stereocenters. The van der Waals surface area contributed by atoms with E-state index < -0.39 is 30.6 Å². The van der Waals surface area contributed by atoms with E-state index in [4.69, 9.17) is 22.3 Å². The summed E-state index contributed by atoms with van der Waals surface area (Å²) < 4.78 is 35.5. The molecule has 0 N–H and O–H groups in total. The van der Waals surface area contributed by atoms with Crippen molar-refractivity contribution in [3.8, 4) is 0 Å². The van der Waals surface area contributed by atoms with Crippen LogP contribution >= 0.6 is 38.2 Å². The van der Waals surface area contributed by atoms with Crippen LogP contribution in [0.25, 0.3) is 0 Å². The highest BCUT2D eigenvalue weighted by molar-refractivity contribution is 9.10. The summed E-state index contributed by atoms with van der Waals surface area (Å²) in [4.78, 5) is 9.97. The van der Waals surface area contributed by atoms with Gasteiger partial charge in [-0.15, -0.1) is 0 Å². The molecule has 0 saturated carbocycles. The minimum absolute atomic E-state index is 0.187. The van der Waals surface area contributed by atoms with E-state index >= 15 is 0 Å². The van der Waals surface area contributed by atoms with Gasteiger partial charge in [-0.1, -0.05) is 15.9 Å². The standard InChI is InChI=1S/C7H2BrCl2FO3S/c8-3-1-4(7(9)12)6(11)5(2-3)15(10,13)14/h1-2H. The SMILES string of the molecule is O=C(Cl)c1cc(Br)cc(S(=O)(=O)Cl)c1F. The number of carbonyl (C=O) groups is 1. The first-order valence-corrected chi connectivity index (χ1v) is 6.85. The lowest BCUT2D eigenvalue weighted by atomic mass is 10.2. The Balaban J connectivity index is 3.63. The third-order valence-electron chi connectivity index (χ3n) is 1.48. The van der Waals surface area contributed by atoms with E-state index in [9.17, 15) is 17.6 Å². The second-order valence-corrected chi connectivity index (χ2v) is 6.27. The summed E-state index contributed by atoms with van der Waals surface area (Å²) in [5.41, 5.74) is -0.551. The Morgan fingerprint density at radius 1 is 1.40 bits per heavy atom. The Hall–Kier alpha value is -0.170. The van der Waals surface area contributed by atoms with Crippen molar-refractivity contribution in [1.29, 1.82) is 0 Å². The van der Waals surface area contributed by atoms with Gasteiger partial charge in [-0.2, -0.15) is 0 Å². The van der Waals surface area contributed by atoms with Gasteiger partial charge >= 0.3 is 0 Å². The molecule has 0 bridgehead atoms. The van der Waals surface area contributed by atoms with Crippen molar-refractivity contribution in [2.24, 2.45) is 0 Å². The Morgan fingerprint density at radius 3 is 2.33 bits per heavy atom. The zero-order valence-corrected chi connectivity index (χ0v) is 10.7. The first kappa shape index (κ1) is 12.9. The van der Waals surface area contributed by atoms with Crippen LogP contribution < -0.4 is 0 Å². The molecule has 82 valence electrons. The van der Waals surface area contributed by atoms with Gasteiger partial charge in [-0.05, 0) is 23.7 Å². The van der Waals surface area contributed by atoms with E-state index in [0.717, 1.165) is 12.1 Å². The fourth-order valence-corrected chi connectivity index (χ4v) is 2.56. The van der Waals surface area contributed by atoms with E-state index in [1.807, 2.05) is 0 Å². The largest absolute Gasteiger partial charge is 0.275 e. The minimum atomic E-state index is -4.26. The number of hydrogen-bond donors (Lipinski definition) is 0. The average molecular weight is 336 g/mol. The Kier molecular flexibility index (Phi) is 3.76. The van der Waals surface area contributed by atoms with Crippen molar-refractivity contribution in [2.45, 2.75) is 4.90 Å². The molecule has 0 saturated heterocycles. The van der Waals surface area contributed by atoms with Crippen LogP contribution in [-0.2, 0) is 9.05 Å². The number of halogens is 4. The van der Waals surface area contributed by atoms with Crippen LogP contribution in [0.5, 0.6) is 0 Å². The van der Waals surface area contributed by atoms with Gasteiger partial charge < -0.3 is 0 Å². The lowest BCUT2D eigenvalue weighted by molar-refractivity contribution is 0.107. The molecule has 0 fully saturated rings. The zero-order chi connectivity index (χ0) is 11.8. The Morgan fingerprint density at radius 2 is 1.93 bits per heavy atom. The number of carbonyl (C=O) groups excluding carboxylic acids is 1. The fraction of sp³-hybridized carbons (Fsp3) is 0. The summed E-state index contributed by atoms with van der Waals surface area (Å²) in [7, 11) is 0.714. The second kappa shape index (κ2) is 4.37. The fourth-order valence-electron chi connectivity index (χ4n) is 0.885. The van der Waals surface area contributed by atoms with Crippen LogP contribution in [0.4, 0.5) is 4.39 Å². The predicted octanol–water partition coefficient (Wildman–Crippen LogP) is 2.89. The molecule has 0 aliphatic carbocycles. The van der Waals surface area contributed by atoms with Gasteiger partial charge in [0.05, 0.1) is 5.56 Å². The lowest BCUT2D eigenvalue weighted by Crippen LogP contribution is -2.02. The number of benzene rings is 1. The lowest BCUT2D eigenvalue weighted by Gasteiger charge is -2.03. The Bertz CT molecular complexity index is 529. The van der Waals surface area contributed by atoms with Crippen molar-refractivity contribution in [3.05, 3.63) is 28.0 Å². The molecule has 0 heterocycles. The van der Waals surface area contributed by atoms with Gasteiger partial charge in [-0.25, -0.2) is 12.8 Å². The highest BCUT2D eigenvalue weighted by Crippen LogP contribution is 2.27. The average Bonchev–Trinajstić information content (AvgIpc) is 2.06. The van der Waals surface area contributed by atoms with E-state index in [1.54, 1.807) is 0 Å². The zero-order valence-electron chi connectivity index (χ0n) is 6.80. The van der Waals surface area contributed by atoms with E-state index in [-0.39, 0.29) is 4.47 Å². The molecule has 0 amide bonds. The van der Waals surface area contributed by atoms with Crippen LogP contribution in [0, 0.1) is 5.82 Å². The topological polar surface area (TPSA) is 51.2 Å². The van der Waals surface area contributed by atoms with Gasteiger partial charge in [0.15, 0.2) is 5.82 Å². The predicted molar refractivity (Wildman–Crippen MR) is 57.3 cm³/mol. The molecule has 1 aromatic rings. The molecular weight excluding hydrogens is 334 g/mol. The second-order valence-electron chi connectivity index (χ2n) is 2.48. The van der Waals surface area contributed by atoms with Crippen LogP contribution in [0.3, 0.4) is 0 Å². The van der Waals surface area contributed by atoms with Gasteiger partial charge in [0, 0.05) is 15.2 Å². The van der Waals surface area contributed by atoms with E-state index in [0.29, 0.717) is 0 Å². The van der Waals surface area contributed by atoms with Crippen LogP contribution in [-0.4, -0.2) is 13.7 Å². The molecule has 0 aliphatic rings. The summed E-state index contributed by atoms with van der Waals surface area (Å²) in [5, 5.41) is -1.10. The monoisotopic (exact) mass is 334 g/mol. The van der Waals surface area contributed by atoms with Crippen molar-refractivity contribution >= 4 is 52.5 Å². The van der Waals surface area contributed by atoms with Crippen molar-refractivity contribution in [1.82, 2.24) is 0 Å². The summed E-state index contributed by atoms with van der Waals surface area (Å²) in [6, 6.07) is 2.01. The summed E-state index contributed by atoms with van der Waals surface area (Å²) in [6.45, 7) is 0. The molecule has 0 aliphatic heterocycles. The molecule has 0 unspecified atom stereocenters. The minimum Gasteiger partial charge on any atom is -0.275 e. The molecule has 1 rings (SSSR count). The molecule has 1 aromatic carbocycles. The maximum atomic E-state index is 13.4. The Labute approximate surface area is 103 Å². The summed E-state index contributed by atoms with van der Waals surface area (Å²) in [5.74, 6) is -1.26. The van der Waals surface area contributed by atoms with Crippen molar-refractivity contribution in [3.63, 3.8) is 0 Å². The van der Waals surface area contributed by atoms with E-state index in [2.05, 4.69) is 15.9 Å². The first-order valence-electron chi connectivity index (χ1n) is 3.37. The molecule has 8 heteroatoms. The smallest absolute Gasteiger partial charge is 0.264 e. The highest BCUT2D eigenvalue weighted by atomic mass is 79.9. The van der Waals surface area contributed by atoms with Gasteiger partial charge in [0.25, 0.3) is 14.3 Å². The van der Waals surface area contributed by atoms with Gasteiger partial charge in [0.2, 0.25) is 0 Å². The van der Waals surface area contributed by atoms with Gasteiger partial charge in [-0.3, -0.25) is 4.79 Å². The van der Waals surface area contributed by atoms with E-state index in [1.165, 1.54) is 0 Å². The molecule has 15 heavy (non-hydrogen) atoms. The normalized spacial score (nSPS) is 11.5. The number of rotatable bonds is 2. The third kappa shape index (κ3) is 2.90. The van der Waals surface area contributed by atoms with Gasteiger partial charge in [0.1, 0.15) is 4.90 Å². The molecule has 0 radical (unpaired) electrons. The molecule has 3 nitrogen and oxygen atoms in total. The van der Waals surface area contributed by atoms with Crippen LogP contribution in [0.2, 0.25) is 0 Å². The van der Waals surface area contributed by atoms with Crippen molar-refractivity contribution in [2.75, 3.05) is 0 Å². The first-order chi connectivity index (χ1) is 6.73.